The number of nitrogens with zero attached hydrogens (tertiary/aromatic N) is 3. The minimum Gasteiger partial charge on any atom is -0.462 e. The van der Waals surface area contributed by atoms with E-state index >= 15 is 0 Å². The molecule has 0 bridgehead atoms. The third-order valence-corrected chi connectivity index (χ3v) is 4.58. The Bertz CT molecular complexity index is 1020. The van der Waals surface area contributed by atoms with Crippen molar-refractivity contribution >= 4 is 23.4 Å². The number of ether oxygens (including phenoxy) is 1. The zero-order valence-corrected chi connectivity index (χ0v) is 17.3. The maximum atomic E-state index is 12.4. The minimum absolute atomic E-state index is 0.182. The van der Waals surface area contributed by atoms with Crippen molar-refractivity contribution in [3.63, 3.8) is 0 Å². The van der Waals surface area contributed by atoms with Gasteiger partial charge < -0.3 is 20.7 Å². The smallest absolute Gasteiger partial charge is 0.343 e. The van der Waals surface area contributed by atoms with E-state index in [4.69, 9.17) is 10.5 Å². The zero-order chi connectivity index (χ0) is 21.7. The first kappa shape index (κ1) is 20.9. The molecular weight excluding hydrogens is 382 g/mol. The predicted octanol–water partition coefficient (Wildman–Crippen LogP) is 2.63. The van der Waals surface area contributed by atoms with Crippen LogP contribution in [-0.2, 0) is 11.3 Å². The summed E-state index contributed by atoms with van der Waals surface area (Å²) >= 11 is 0. The number of anilines is 2. The Kier molecular flexibility index (Phi) is 6.36. The molecule has 3 rings (SSSR count). The van der Waals surface area contributed by atoms with E-state index in [9.17, 15) is 9.59 Å². The van der Waals surface area contributed by atoms with Crippen LogP contribution in [0.15, 0.2) is 54.7 Å². The van der Waals surface area contributed by atoms with E-state index in [1.807, 2.05) is 43.3 Å². The maximum Gasteiger partial charge on any atom is 0.343 e. The summed E-state index contributed by atoms with van der Waals surface area (Å²) in [6.45, 7) is 2.41. The molecule has 0 fully saturated rings. The fraction of sp³-hybridized carbons (Fsp3) is 0.227. The maximum absolute atomic E-state index is 12.4. The number of rotatable bonds is 7. The zero-order valence-electron chi connectivity index (χ0n) is 17.3. The van der Waals surface area contributed by atoms with Gasteiger partial charge in [-0.3, -0.25) is 4.79 Å². The Hall–Kier alpha value is -3.81. The summed E-state index contributed by atoms with van der Waals surface area (Å²) in [6, 6.07) is 14.8. The lowest BCUT2D eigenvalue weighted by Gasteiger charge is -2.13. The number of hydrogen-bond donors (Lipinski definition) is 2. The lowest BCUT2D eigenvalue weighted by Crippen LogP contribution is -2.22. The number of esters is 1. The number of carbonyl (C=O) groups excluding carboxylic acids is 2. The second kappa shape index (κ2) is 9.13. The van der Waals surface area contributed by atoms with Crippen molar-refractivity contribution in [2.24, 2.45) is 0 Å². The number of nitrogens with one attached hydrogen (secondary N) is 1. The summed E-state index contributed by atoms with van der Waals surface area (Å²) in [4.78, 5) is 26.3. The molecule has 3 aromatic rings. The van der Waals surface area contributed by atoms with Crippen molar-refractivity contribution in [3.05, 3.63) is 71.4 Å². The topological polar surface area (TPSA) is 102 Å². The first-order valence-electron chi connectivity index (χ1n) is 9.56. The molecule has 0 radical (unpaired) electrons. The van der Waals surface area contributed by atoms with Gasteiger partial charge in [0.1, 0.15) is 11.4 Å². The van der Waals surface area contributed by atoms with Crippen LogP contribution >= 0.6 is 0 Å². The highest BCUT2D eigenvalue weighted by atomic mass is 16.5. The van der Waals surface area contributed by atoms with Gasteiger partial charge in [0.15, 0.2) is 0 Å². The Balaban J connectivity index is 1.65. The third kappa shape index (κ3) is 4.60. The van der Waals surface area contributed by atoms with Crippen LogP contribution in [0.5, 0.6) is 0 Å². The number of nitrogens with two attached hydrogens (primary N) is 1. The molecule has 0 aliphatic heterocycles. The highest BCUT2D eigenvalue weighted by Crippen LogP contribution is 2.19. The molecule has 0 aliphatic carbocycles. The molecule has 2 aromatic carbocycles. The molecule has 30 heavy (non-hydrogen) atoms. The van der Waals surface area contributed by atoms with Gasteiger partial charge in [0, 0.05) is 31.9 Å². The molecule has 156 valence electrons. The summed E-state index contributed by atoms with van der Waals surface area (Å²) < 4.78 is 6.39. The first-order valence-corrected chi connectivity index (χ1v) is 9.56. The number of aromatic nitrogens is 2. The second-order valence-electron chi connectivity index (χ2n) is 6.87. The average molecular weight is 407 g/mol. The molecule has 8 heteroatoms. The SMILES string of the molecule is CCOC(=O)c1cnn(-c2ccc(C(=O)NCc3ccc(N(C)C)cc3)cc2)c1N. The van der Waals surface area contributed by atoms with E-state index in [0.717, 1.165) is 11.3 Å². The molecule has 0 saturated heterocycles. The molecule has 8 nitrogen and oxygen atoms in total. The Labute approximate surface area is 175 Å². The van der Waals surface area contributed by atoms with Gasteiger partial charge in [0.05, 0.1) is 18.5 Å². The molecule has 0 aliphatic rings. The van der Waals surface area contributed by atoms with E-state index in [0.29, 0.717) is 17.8 Å². The highest BCUT2D eigenvalue weighted by molar-refractivity contribution is 5.95. The Morgan fingerprint density at radius 1 is 1.10 bits per heavy atom. The second-order valence-corrected chi connectivity index (χ2v) is 6.87. The number of hydrogen-bond acceptors (Lipinski definition) is 6. The van der Waals surface area contributed by atoms with Gasteiger partial charge >= 0.3 is 5.97 Å². The molecule has 0 spiro atoms. The van der Waals surface area contributed by atoms with Crippen molar-refractivity contribution in [3.8, 4) is 5.69 Å². The first-order chi connectivity index (χ1) is 14.4. The minimum atomic E-state index is -0.518. The van der Waals surface area contributed by atoms with Gasteiger partial charge in [-0.1, -0.05) is 12.1 Å². The van der Waals surface area contributed by atoms with E-state index in [-0.39, 0.29) is 23.9 Å². The molecule has 1 aromatic heterocycles. The van der Waals surface area contributed by atoms with E-state index in [1.165, 1.54) is 10.9 Å². The quantitative estimate of drug-likeness (QED) is 0.584. The molecule has 0 saturated carbocycles. The summed E-state index contributed by atoms with van der Waals surface area (Å²) in [5, 5.41) is 7.05. The van der Waals surface area contributed by atoms with Crippen LogP contribution in [0.3, 0.4) is 0 Å². The number of benzene rings is 2. The van der Waals surface area contributed by atoms with E-state index < -0.39 is 5.97 Å². The molecule has 3 N–H and O–H groups in total. The van der Waals surface area contributed by atoms with Gasteiger partial charge in [-0.25, -0.2) is 9.48 Å². The van der Waals surface area contributed by atoms with Crippen molar-refractivity contribution in [1.82, 2.24) is 15.1 Å². The average Bonchev–Trinajstić information content (AvgIpc) is 3.14. The van der Waals surface area contributed by atoms with Gasteiger partial charge in [0.2, 0.25) is 0 Å². The van der Waals surface area contributed by atoms with Crippen molar-refractivity contribution < 1.29 is 14.3 Å². The number of nitrogen functional groups attached to an aromatic ring is 1. The summed E-state index contributed by atoms with van der Waals surface area (Å²) in [7, 11) is 3.96. The van der Waals surface area contributed by atoms with Gasteiger partial charge in [-0.15, -0.1) is 0 Å². The highest BCUT2D eigenvalue weighted by Gasteiger charge is 2.17. The van der Waals surface area contributed by atoms with Crippen LogP contribution in [0.25, 0.3) is 5.69 Å². The summed E-state index contributed by atoms with van der Waals surface area (Å²) in [6.07, 6.45) is 1.37. The molecular formula is C22H25N5O3. The largest absolute Gasteiger partial charge is 0.462 e. The summed E-state index contributed by atoms with van der Waals surface area (Å²) in [5.74, 6) is -0.512. The van der Waals surface area contributed by atoms with Crippen molar-refractivity contribution in [2.75, 3.05) is 31.3 Å². The normalized spacial score (nSPS) is 10.5. The van der Waals surface area contributed by atoms with E-state index in [1.54, 1.807) is 31.2 Å². The predicted molar refractivity (Wildman–Crippen MR) is 116 cm³/mol. The van der Waals surface area contributed by atoms with Crippen LogP contribution in [0.4, 0.5) is 11.5 Å². The van der Waals surface area contributed by atoms with Crippen LogP contribution in [0, 0.1) is 0 Å². The number of amides is 1. The van der Waals surface area contributed by atoms with E-state index in [2.05, 4.69) is 10.4 Å². The molecule has 1 heterocycles. The van der Waals surface area contributed by atoms with Gasteiger partial charge in [-0.05, 0) is 48.9 Å². The monoisotopic (exact) mass is 407 g/mol. The van der Waals surface area contributed by atoms with Crippen molar-refractivity contribution in [2.45, 2.75) is 13.5 Å². The van der Waals surface area contributed by atoms with Crippen LogP contribution < -0.4 is 16.0 Å². The molecule has 1 amide bonds. The standard InChI is InChI=1S/C22H25N5O3/c1-4-30-22(29)19-14-25-27(20(19)23)18-11-7-16(8-12-18)21(28)24-13-15-5-9-17(10-6-15)26(2)3/h5-12,14H,4,13,23H2,1-3H3,(H,24,28). The molecule has 0 unspecified atom stereocenters. The molecule has 0 atom stereocenters. The Morgan fingerprint density at radius 2 is 1.77 bits per heavy atom. The van der Waals surface area contributed by atoms with Gasteiger partial charge in [-0.2, -0.15) is 5.10 Å². The van der Waals surface area contributed by atoms with Crippen LogP contribution in [-0.4, -0.2) is 42.4 Å². The fourth-order valence-corrected chi connectivity index (χ4v) is 2.88. The van der Waals surface area contributed by atoms with Crippen LogP contribution in [0.1, 0.15) is 33.2 Å². The fourth-order valence-electron chi connectivity index (χ4n) is 2.88. The summed E-state index contributed by atoms with van der Waals surface area (Å²) in [5.41, 5.74) is 9.50. The lowest BCUT2D eigenvalue weighted by molar-refractivity contribution is 0.0527. The lowest BCUT2D eigenvalue weighted by atomic mass is 10.1. The number of carbonyl (C=O) groups is 2. The third-order valence-electron chi connectivity index (χ3n) is 4.58. The van der Waals surface area contributed by atoms with Gasteiger partial charge in [0.25, 0.3) is 5.91 Å². The van der Waals surface area contributed by atoms with Crippen LogP contribution in [0.2, 0.25) is 0 Å². The van der Waals surface area contributed by atoms with Crippen molar-refractivity contribution in [1.29, 1.82) is 0 Å². The Morgan fingerprint density at radius 3 is 2.37 bits per heavy atom.